The zero-order valence-corrected chi connectivity index (χ0v) is 16.6. The van der Waals surface area contributed by atoms with Crippen molar-refractivity contribution in [2.45, 2.75) is 51.2 Å². The van der Waals surface area contributed by atoms with Gasteiger partial charge in [-0.1, -0.05) is 18.2 Å². The molecule has 6 nitrogen and oxygen atoms in total. The van der Waals surface area contributed by atoms with Gasteiger partial charge in [0, 0.05) is 44.5 Å². The Morgan fingerprint density at radius 2 is 1.81 bits per heavy atom. The maximum absolute atomic E-state index is 5.72. The summed E-state index contributed by atoms with van der Waals surface area (Å²) in [5, 5.41) is 7.20. The maximum Gasteiger partial charge on any atom is 0.224 e. The number of anilines is 2. The molecule has 27 heavy (non-hydrogen) atoms. The highest BCUT2D eigenvalue weighted by atomic mass is 16.5. The molecule has 1 heterocycles. The van der Waals surface area contributed by atoms with Gasteiger partial charge in [-0.2, -0.15) is 4.98 Å². The molecule has 1 aromatic heterocycles. The number of para-hydroxylation sites is 1. The molecular weight excluding hydrogens is 338 g/mol. The van der Waals surface area contributed by atoms with Gasteiger partial charge < -0.3 is 20.3 Å². The second kappa shape index (κ2) is 9.55. The molecule has 1 aliphatic carbocycles. The highest BCUT2D eigenvalue weighted by Gasteiger charge is 2.21. The maximum atomic E-state index is 5.72. The largest absolute Gasteiger partial charge is 0.494 e. The molecule has 0 atom stereocenters. The Bertz CT molecular complexity index is 713. The second-order valence-electron chi connectivity index (χ2n) is 7.25. The number of hydrogen-bond donors (Lipinski definition) is 2. The summed E-state index contributed by atoms with van der Waals surface area (Å²) in [5.74, 6) is 2.64. The Kier molecular flexibility index (Phi) is 6.87. The van der Waals surface area contributed by atoms with Crippen molar-refractivity contribution in [1.82, 2.24) is 15.3 Å². The summed E-state index contributed by atoms with van der Waals surface area (Å²) >= 11 is 0. The van der Waals surface area contributed by atoms with Gasteiger partial charge in [0.05, 0.1) is 6.61 Å². The number of hydrogen-bond acceptors (Lipinski definition) is 6. The van der Waals surface area contributed by atoms with Gasteiger partial charge >= 0.3 is 0 Å². The standard InChI is InChI=1S/C21H31N5O/c1-4-27-19-8-6-5-7-16(19)15-23-17-9-11-18(12-10-17)24-21-22-14-13-20(25-21)26(2)3/h5-8,13-14,17-18,23H,4,9-12,15H2,1-3H3,(H,22,24,25). The third-order valence-electron chi connectivity index (χ3n) is 5.01. The summed E-state index contributed by atoms with van der Waals surface area (Å²) in [5.41, 5.74) is 1.23. The molecule has 0 unspecified atom stereocenters. The molecule has 0 saturated heterocycles. The number of aromatic nitrogens is 2. The molecule has 2 N–H and O–H groups in total. The first-order valence-electron chi connectivity index (χ1n) is 9.86. The van der Waals surface area contributed by atoms with Crippen LogP contribution in [-0.2, 0) is 6.54 Å². The van der Waals surface area contributed by atoms with Gasteiger partial charge in [0.25, 0.3) is 0 Å². The molecule has 0 spiro atoms. The Labute approximate surface area is 162 Å². The molecule has 0 aliphatic heterocycles. The van der Waals surface area contributed by atoms with Crippen LogP contribution in [0.1, 0.15) is 38.2 Å². The zero-order chi connectivity index (χ0) is 19.1. The van der Waals surface area contributed by atoms with E-state index < -0.39 is 0 Å². The van der Waals surface area contributed by atoms with E-state index in [1.807, 2.05) is 50.3 Å². The van der Waals surface area contributed by atoms with Gasteiger partial charge in [0.1, 0.15) is 11.6 Å². The number of ether oxygens (including phenoxy) is 1. The topological polar surface area (TPSA) is 62.3 Å². The first kappa shape index (κ1) is 19.4. The molecule has 2 aromatic rings. The van der Waals surface area contributed by atoms with Crippen molar-refractivity contribution in [1.29, 1.82) is 0 Å². The predicted octanol–water partition coefficient (Wildman–Crippen LogP) is 3.45. The van der Waals surface area contributed by atoms with Crippen LogP contribution >= 0.6 is 0 Å². The molecule has 1 aliphatic rings. The third-order valence-corrected chi connectivity index (χ3v) is 5.01. The number of rotatable bonds is 8. The van der Waals surface area contributed by atoms with E-state index in [0.717, 1.165) is 49.7 Å². The van der Waals surface area contributed by atoms with Crippen LogP contribution in [0.2, 0.25) is 0 Å². The molecular formula is C21H31N5O. The average Bonchev–Trinajstić information content (AvgIpc) is 2.69. The van der Waals surface area contributed by atoms with Crippen molar-refractivity contribution in [3.63, 3.8) is 0 Å². The number of benzene rings is 1. The van der Waals surface area contributed by atoms with E-state index in [2.05, 4.69) is 32.7 Å². The highest BCUT2D eigenvalue weighted by molar-refractivity contribution is 5.41. The summed E-state index contributed by atoms with van der Waals surface area (Å²) < 4.78 is 5.72. The Morgan fingerprint density at radius 3 is 2.56 bits per heavy atom. The molecule has 1 saturated carbocycles. The SMILES string of the molecule is CCOc1ccccc1CNC1CCC(Nc2nccc(N(C)C)n2)CC1. The van der Waals surface area contributed by atoms with E-state index in [1.54, 1.807) is 0 Å². The first-order valence-corrected chi connectivity index (χ1v) is 9.86. The summed E-state index contributed by atoms with van der Waals surface area (Å²) in [6.07, 6.45) is 6.37. The summed E-state index contributed by atoms with van der Waals surface area (Å²) in [6.45, 7) is 3.58. The predicted molar refractivity (Wildman–Crippen MR) is 110 cm³/mol. The van der Waals surface area contributed by atoms with Crippen LogP contribution in [-0.4, -0.2) is 42.8 Å². The van der Waals surface area contributed by atoms with Crippen molar-refractivity contribution in [2.75, 3.05) is 30.9 Å². The summed E-state index contributed by atoms with van der Waals surface area (Å²) in [7, 11) is 3.99. The van der Waals surface area contributed by atoms with Gasteiger partial charge in [-0.25, -0.2) is 4.98 Å². The Morgan fingerprint density at radius 1 is 1.07 bits per heavy atom. The molecule has 0 radical (unpaired) electrons. The van der Waals surface area contributed by atoms with E-state index in [0.29, 0.717) is 18.7 Å². The smallest absolute Gasteiger partial charge is 0.224 e. The fraction of sp³-hybridized carbons (Fsp3) is 0.524. The Balaban J connectivity index is 1.46. The average molecular weight is 370 g/mol. The minimum absolute atomic E-state index is 0.441. The summed E-state index contributed by atoms with van der Waals surface area (Å²) in [4.78, 5) is 10.9. The normalized spacial score (nSPS) is 19.5. The van der Waals surface area contributed by atoms with Gasteiger partial charge in [-0.05, 0) is 44.7 Å². The lowest BCUT2D eigenvalue weighted by Gasteiger charge is -2.30. The number of nitrogens with zero attached hydrogens (tertiary/aromatic N) is 3. The van der Waals surface area contributed by atoms with E-state index in [-0.39, 0.29) is 0 Å². The van der Waals surface area contributed by atoms with Crippen LogP contribution in [0, 0.1) is 0 Å². The van der Waals surface area contributed by atoms with Crippen LogP contribution in [0.4, 0.5) is 11.8 Å². The second-order valence-corrected chi connectivity index (χ2v) is 7.25. The van der Waals surface area contributed by atoms with Crippen molar-refractivity contribution >= 4 is 11.8 Å². The van der Waals surface area contributed by atoms with Crippen molar-refractivity contribution in [2.24, 2.45) is 0 Å². The van der Waals surface area contributed by atoms with Crippen molar-refractivity contribution < 1.29 is 4.74 Å². The van der Waals surface area contributed by atoms with E-state index in [1.165, 1.54) is 5.56 Å². The zero-order valence-electron chi connectivity index (χ0n) is 16.6. The van der Waals surface area contributed by atoms with Crippen LogP contribution in [0.25, 0.3) is 0 Å². The minimum Gasteiger partial charge on any atom is -0.494 e. The van der Waals surface area contributed by atoms with Crippen LogP contribution < -0.4 is 20.3 Å². The van der Waals surface area contributed by atoms with Gasteiger partial charge in [0.15, 0.2) is 0 Å². The van der Waals surface area contributed by atoms with Gasteiger partial charge in [-0.15, -0.1) is 0 Å². The van der Waals surface area contributed by atoms with E-state index >= 15 is 0 Å². The Hall–Kier alpha value is -2.34. The van der Waals surface area contributed by atoms with E-state index in [9.17, 15) is 0 Å². The quantitative estimate of drug-likeness (QED) is 0.743. The minimum atomic E-state index is 0.441. The fourth-order valence-electron chi connectivity index (χ4n) is 3.49. The molecule has 0 amide bonds. The highest BCUT2D eigenvalue weighted by Crippen LogP contribution is 2.23. The molecule has 1 fully saturated rings. The molecule has 146 valence electrons. The van der Waals surface area contributed by atoms with Gasteiger partial charge in [-0.3, -0.25) is 0 Å². The van der Waals surface area contributed by atoms with Crippen molar-refractivity contribution in [3.8, 4) is 5.75 Å². The van der Waals surface area contributed by atoms with E-state index in [4.69, 9.17) is 4.74 Å². The fourth-order valence-corrected chi connectivity index (χ4v) is 3.49. The molecule has 6 heteroatoms. The van der Waals surface area contributed by atoms with Gasteiger partial charge in [0.2, 0.25) is 5.95 Å². The lowest BCUT2D eigenvalue weighted by atomic mass is 9.91. The third kappa shape index (κ3) is 5.57. The molecule has 3 rings (SSSR count). The summed E-state index contributed by atoms with van der Waals surface area (Å²) in [6, 6.07) is 11.2. The van der Waals surface area contributed by atoms with Crippen LogP contribution in [0.3, 0.4) is 0 Å². The van der Waals surface area contributed by atoms with Crippen LogP contribution in [0.5, 0.6) is 5.75 Å². The van der Waals surface area contributed by atoms with Crippen LogP contribution in [0.15, 0.2) is 36.5 Å². The molecule has 0 bridgehead atoms. The monoisotopic (exact) mass is 369 g/mol. The molecule has 1 aromatic carbocycles. The number of nitrogens with one attached hydrogen (secondary N) is 2. The lowest BCUT2D eigenvalue weighted by Crippen LogP contribution is -2.37. The lowest BCUT2D eigenvalue weighted by molar-refractivity contribution is 0.327. The van der Waals surface area contributed by atoms with Crippen molar-refractivity contribution in [3.05, 3.63) is 42.1 Å². The first-order chi connectivity index (χ1) is 13.2.